The van der Waals surface area contributed by atoms with E-state index in [2.05, 4.69) is 20.7 Å². The molecule has 9 nitrogen and oxygen atoms in total. The lowest BCUT2D eigenvalue weighted by Gasteiger charge is -2.15. The molecular weight excluding hydrogens is 533 g/mol. The number of ether oxygens (including phenoxy) is 1. The summed E-state index contributed by atoms with van der Waals surface area (Å²) in [6, 6.07) is 21.5. The third-order valence-electron chi connectivity index (χ3n) is 6.44. The number of hydrogen-bond acceptors (Lipinski definition) is 7. The SMILES string of the molecule is COc1cc(S(C)(=O)=O)ccc1Nc1nc2cc(-c3ccccc3NC(=O)[C@H](C)c3ccc(F)cc3)ccn2n1. The van der Waals surface area contributed by atoms with Crippen molar-refractivity contribution in [1.82, 2.24) is 14.6 Å². The number of nitrogens with one attached hydrogen (secondary N) is 2. The van der Waals surface area contributed by atoms with Gasteiger partial charge in [0.25, 0.3) is 0 Å². The van der Waals surface area contributed by atoms with Crippen molar-refractivity contribution in [3.05, 3.63) is 96.4 Å². The number of carbonyl (C=O) groups excluding carboxylic acids is 1. The fourth-order valence-corrected chi connectivity index (χ4v) is 4.85. The smallest absolute Gasteiger partial charge is 0.247 e. The molecule has 3 aromatic carbocycles. The molecule has 0 aliphatic heterocycles. The van der Waals surface area contributed by atoms with E-state index in [0.717, 1.165) is 17.4 Å². The highest BCUT2D eigenvalue weighted by molar-refractivity contribution is 7.90. The van der Waals surface area contributed by atoms with E-state index in [9.17, 15) is 17.6 Å². The molecule has 0 saturated heterocycles. The van der Waals surface area contributed by atoms with Crippen LogP contribution in [0.1, 0.15) is 18.4 Å². The molecule has 0 spiro atoms. The van der Waals surface area contributed by atoms with Crippen LogP contribution in [0.2, 0.25) is 0 Å². The van der Waals surface area contributed by atoms with Crippen molar-refractivity contribution in [2.45, 2.75) is 17.7 Å². The number of fused-ring (bicyclic) bond motifs is 1. The number of rotatable bonds is 8. The van der Waals surface area contributed by atoms with Crippen LogP contribution in [0.25, 0.3) is 16.8 Å². The van der Waals surface area contributed by atoms with Crippen molar-refractivity contribution < 1.29 is 22.3 Å². The summed E-state index contributed by atoms with van der Waals surface area (Å²) < 4.78 is 44.0. The summed E-state index contributed by atoms with van der Waals surface area (Å²) in [6.45, 7) is 1.77. The number of carbonyl (C=O) groups is 1. The quantitative estimate of drug-likeness (QED) is 0.260. The van der Waals surface area contributed by atoms with E-state index in [0.29, 0.717) is 28.3 Å². The molecule has 1 amide bonds. The largest absolute Gasteiger partial charge is 0.495 e. The number of anilines is 3. The molecule has 0 aliphatic rings. The van der Waals surface area contributed by atoms with Crippen LogP contribution in [-0.2, 0) is 14.6 Å². The number of amides is 1. The van der Waals surface area contributed by atoms with E-state index in [1.165, 1.54) is 31.4 Å². The lowest BCUT2D eigenvalue weighted by molar-refractivity contribution is -0.117. The van der Waals surface area contributed by atoms with Crippen molar-refractivity contribution in [3.63, 3.8) is 0 Å². The Morgan fingerprint density at radius 1 is 1.00 bits per heavy atom. The standard InChI is InChI=1S/C29H26FN5O4S/c1-18(19-8-10-21(30)11-9-19)28(36)31-24-7-5-4-6-23(24)20-14-15-35-27(16-20)33-29(34-35)32-25-13-12-22(40(3,37)38)17-26(25)39-2/h4-18H,1-3H3,(H,31,36)(H,32,34)/t18-/m1/s1. The van der Waals surface area contributed by atoms with Gasteiger partial charge in [0.15, 0.2) is 15.5 Å². The zero-order valence-corrected chi connectivity index (χ0v) is 22.7. The molecule has 0 aliphatic carbocycles. The summed E-state index contributed by atoms with van der Waals surface area (Å²) >= 11 is 0. The number of para-hydroxylation sites is 1. The minimum Gasteiger partial charge on any atom is -0.495 e. The highest BCUT2D eigenvalue weighted by Crippen LogP contribution is 2.32. The number of halogens is 1. The zero-order valence-electron chi connectivity index (χ0n) is 21.9. The lowest BCUT2D eigenvalue weighted by Crippen LogP contribution is -2.19. The predicted octanol–water partition coefficient (Wildman–Crippen LogP) is 5.43. The number of aromatic nitrogens is 3. The summed E-state index contributed by atoms with van der Waals surface area (Å²) in [5, 5.41) is 10.5. The second-order valence-electron chi connectivity index (χ2n) is 9.22. The third kappa shape index (κ3) is 5.64. The molecule has 0 fully saturated rings. The van der Waals surface area contributed by atoms with Crippen molar-refractivity contribution >= 4 is 38.7 Å². The Labute approximate surface area is 230 Å². The van der Waals surface area contributed by atoms with E-state index in [1.54, 1.807) is 35.8 Å². The van der Waals surface area contributed by atoms with Crippen LogP contribution in [-0.4, -0.2) is 42.3 Å². The van der Waals surface area contributed by atoms with Crippen LogP contribution in [0.5, 0.6) is 5.75 Å². The maximum atomic E-state index is 13.3. The van der Waals surface area contributed by atoms with Gasteiger partial charge < -0.3 is 15.4 Å². The van der Waals surface area contributed by atoms with Gasteiger partial charge in [-0.3, -0.25) is 4.79 Å². The molecule has 5 rings (SSSR count). The van der Waals surface area contributed by atoms with Gasteiger partial charge in [-0.25, -0.2) is 17.3 Å². The van der Waals surface area contributed by atoms with E-state index in [1.807, 2.05) is 36.4 Å². The third-order valence-corrected chi connectivity index (χ3v) is 7.55. The second kappa shape index (κ2) is 10.8. The van der Waals surface area contributed by atoms with Crippen LogP contribution in [0.3, 0.4) is 0 Å². The van der Waals surface area contributed by atoms with Gasteiger partial charge in [0.1, 0.15) is 11.6 Å². The van der Waals surface area contributed by atoms with Gasteiger partial charge in [0.05, 0.1) is 23.6 Å². The molecule has 0 saturated carbocycles. The first kappa shape index (κ1) is 26.8. The first-order valence-corrected chi connectivity index (χ1v) is 14.2. The number of nitrogens with zero attached hydrogens (tertiary/aromatic N) is 3. The monoisotopic (exact) mass is 559 g/mol. The van der Waals surface area contributed by atoms with Gasteiger partial charge in [0, 0.05) is 29.8 Å². The van der Waals surface area contributed by atoms with Crippen LogP contribution in [0.4, 0.5) is 21.7 Å². The Morgan fingerprint density at radius 3 is 2.48 bits per heavy atom. The fraction of sp³-hybridized carbons (Fsp3) is 0.138. The van der Waals surface area contributed by atoms with E-state index in [4.69, 9.17) is 4.74 Å². The second-order valence-corrected chi connectivity index (χ2v) is 11.2. The molecule has 1 atom stereocenters. The molecular formula is C29H26FN5O4S. The number of methoxy groups -OCH3 is 1. The number of sulfone groups is 1. The van der Waals surface area contributed by atoms with Gasteiger partial charge >= 0.3 is 0 Å². The average Bonchev–Trinajstić information content (AvgIpc) is 3.34. The van der Waals surface area contributed by atoms with Gasteiger partial charge in [-0.1, -0.05) is 30.3 Å². The minimum atomic E-state index is -3.39. The zero-order chi connectivity index (χ0) is 28.4. The fourth-order valence-electron chi connectivity index (χ4n) is 4.22. The summed E-state index contributed by atoms with van der Waals surface area (Å²) in [7, 11) is -1.94. The Balaban J connectivity index is 1.40. The maximum absolute atomic E-state index is 13.3. The maximum Gasteiger partial charge on any atom is 0.247 e. The minimum absolute atomic E-state index is 0.139. The Hall–Kier alpha value is -4.77. The highest BCUT2D eigenvalue weighted by atomic mass is 32.2. The topological polar surface area (TPSA) is 115 Å². The molecule has 204 valence electrons. The summed E-state index contributed by atoms with van der Waals surface area (Å²) in [6.07, 6.45) is 2.89. The Kier molecular flexibility index (Phi) is 7.22. The molecule has 0 unspecified atom stereocenters. The number of benzene rings is 3. The first-order chi connectivity index (χ1) is 19.1. The van der Waals surface area contributed by atoms with Crippen LogP contribution >= 0.6 is 0 Å². The van der Waals surface area contributed by atoms with E-state index >= 15 is 0 Å². The molecule has 2 N–H and O–H groups in total. The van der Waals surface area contributed by atoms with Crippen molar-refractivity contribution in [1.29, 1.82) is 0 Å². The summed E-state index contributed by atoms with van der Waals surface area (Å²) in [5.41, 5.74) is 4.00. The van der Waals surface area contributed by atoms with Gasteiger partial charge in [-0.15, -0.1) is 5.10 Å². The molecule has 2 heterocycles. The average molecular weight is 560 g/mol. The molecule has 40 heavy (non-hydrogen) atoms. The Bertz CT molecular complexity index is 1820. The van der Waals surface area contributed by atoms with Gasteiger partial charge in [0.2, 0.25) is 11.9 Å². The highest BCUT2D eigenvalue weighted by Gasteiger charge is 2.18. The summed E-state index contributed by atoms with van der Waals surface area (Å²) in [5.74, 6) is -0.429. The first-order valence-electron chi connectivity index (χ1n) is 12.3. The van der Waals surface area contributed by atoms with E-state index in [-0.39, 0.29) is 22.6 Å². The normalized spacial score (nSPS) is 12.2. The van der Waals surface area contributed by atoms with Crippen LogP contribution < -0.4 is 15.4 Å². The van der Waals surface area contributed by atoms with E-state index < -0.39 is 15.8 Å². The van der Waals surface area contributed by atoms with Crippen molar-refractivity contribution in [2.24, 2.45) is 0 Å². The number of pyridine rings is 1. The summed E-state index contributed by atoms with van der Waals surface area (Å²) in [4.78, 5) is 17.7. The molecule has 2 aromatic heterocycles. The molecule has 0 radical (unpaired) electrons. The predicted molar refractivity (Wildman–Crippen MR) is 151 cm³/mol. The van der Waals surface area contributed by atoms with Crippen molar-refractivity contribution in [2.75, 3.05) is 24.0 Å². The Morgan fingerprint density at radius 2 is 1.75 bits per heavy atom. The number of hydrogen-bond donors (Lipinski definition) is 2. The molecule has 0 bridgehead atoms. The van der Waals surface area contributed by atoms with Gasteiger partial charge in [-0.2, -0.15) is 4.98 Å². The molecule has 11 heteroatoms. The van der Waals surface area contributed by atoms with Crippen molar-refractivity contribution in [3.8, 4) is 16.9 Å². The lowest BCUT2D eigenvalue weighted by atomic mass is 9.99. The van der Waals surface area contributed by atoms with Crippen LogP contribution in [0, 0.1) is 5.82 Å². The van der Waals surface area contributed by atoms with Gasteiger partial charge in [-0.05, 0) is 60.5 Å². The molecule has 5 aromatic rings. The van der Waals surface area contributed by atoms with Crippen LogP contribution in [0.15, 0.2) is 90.0 Å².